The van der Waals surface area contributed by atoms with Gasteiger partial charge in [0.1, 0.15) is 0 Å². The zero-order valence-corrected chi connectivity index (χ0v) is 12.9. The molecule has 1 heterocycles. The van der Waals surface area contributed by atoms with E-state index < -0.39 is 0 Å². The molecule has 0 aliphatic heterocycles. The van der Waals surface area contributed by atoms with Crippen molar-refractivity contribution in [1.29, 1.82) is 0 Å². The number of nitrogens with one attached hydrogen (secondary N) is 1. The van der Waals surface area contributed by atoms with Gasteiger partial charge in [0, 0.05) is 17.9 Å². The maximum Gasteiger partial charge on any atom is 0.207 e. The molecule has 0 spiro atoms. The van der Waals surface area contributed by atoms with Gasteiger partial charge in [-0.05, 0) is 29.9 Å². The van der Waals surface area contributed by atoms with Gasteiger partial charge in [-0.2, -0.15) is 0 Å². The van der Waals surface area contributed by atoms with Crippen LogP contribution in [0.1, 0.15) is 33.4 Å². The second-order valence-corrected chi connectivity index (χ2v) is 6.93. The highest BCUT2D eigenvalue weighted by atomic mass is 15.2. The quantitative estimate of drug-likeness (QED) is 0.911. The first-order chi connectivity index (χ1) is 9.34. The number of aromatic nitrogens is 2. The Hall–Kier alpha value is -1.77. The van der Waals surface area contributed by atoms with Crippen molar-refractivity contribution in [3.05, 3.63) is 42.2 Å². The summed E-state index contributed by atoms with van der Waals surface area (Å²) in [7, 11) is 0. The van der Waals surface area contributed by atoms with E-state index in [1.165, 1.54) is 0 Å². The van der Waals surface area contributed by atoms with Crippen molar-refractivity contribution in [2.24, 2.45) is 10.8 Å². The van der Waals surface area contributed by atoms with E-state index in [4.69, 9.17) is 0 Å². The third-order valence-electron chi connectivity index (χ3n) is 5.15. The van der Waals surface area contributed by atoms with Crippen LogP contribution in [-0.4, -0.2) is 15.6 Å². The summed E-state index contributed by atoms with van der Waals surface area (Å²) in [5.74, 6) is 0.942. The lowest BCUT2D eigenvalue weighted by molar-refractivity contribution is 0.457. The van der Waals surface area contributed by atoms with Crippen molar-refractivity contribution in [3.63, 3.8) is 0 Å². The fourth-order valence-corrected chi connectivity index (χ4v) is 3.07. The third-order valence-corrected chi connectivity index (χ3v) is 5.15. The van der Waals surface area contributed by atoms with E-state index in [1.807, 2.05) is 13.0 Å². The lowest BCUT2D eigenvalue weighted by atomic mass is 10.0. The molecular formula is C17H23N3. The summed E-state index contributed by atoms with van der Waals surface area (Å²) in [5.41, 5.74) is 2.78. The maximum atomic E-state index is 4.65. The van der Waals surface area contributed by atoms with E-state index in [2.05, 4.69) is 73.0 Å². The van der Waals surface area contributed by atoms with Crippen LogP contribution in [-0.2, 0) is 0 Å². The van der Waals surface area contributed by atoms with Crippen LogP contribution < -0.4 is 5.32 Å². The molecule has 0 atom stereocenters. The van der Waals surface area contributed by atoms with Gasteiger partial charge >= 0.3 is 0 Å². The fraction of sp³-hybridized carbons (Fsp3) is 0.471. The minimum Gasteiger partial charge on any atom is -0.351 e. The number of para-hydroxylation sites is 1. The predicted molar refractivity (Wildman–Crippen MR) is 83.3 cm³/mol. The van der Waals surface area contributed by atoms with Crippen molar-refractivity contribution in [3.8, 4) is 5.69 Å². The van der Waals surface area contributed by atoms with E-state index in [-0.39, 0.29) is 0 Å². The van der Waals surface area contributed by atoms with Crippen LogP contribution in [0, 0.1) is 17.8 Å². The molecule has 1 fully saturated rings. The number of aryl methyl sites for hydroxylation is 1. The Morgan fingerprint density at radius 2 is 1.65 bits per heavy atom. The first kappa shape index (κ1) is 13.2. The number of hydrogen-bond donors (Lipinski definition) is 1. The highest BCUT2D eigenvalue weighted by Crippen LogP contribution is 2.63. The lowest BCUT2D eigenvalue weighted by Gasteiger charge is -2.11. The average Bonchev–Trinajstić information content (AvgIpc) is 2.71. The minimum absolute atomic E-state index is 0.300. The molecule has 0 amide bonds. The smallest absolute Gasteiger partial charge is 0.207 e. The summed E-state index contributed by atoms with van der Waals surface area (Å²) in [5, 5.41) is 3.64. The molecule has 1 aliphatic rings. The molecule has 0 saturated heterocycles. The fourth-order valence-electron chi connectivity index (χ4n) is 3.07. The van der Waals surface area contributed by atoms with Gasteiger partial charge in [-0.15, -0.1) is 0 Å². The molecule has 1 N–H and O–H groups in total. The standard InChI is InChI=1S/C17H23N3/c1-12-11-20(13-9-7-6-8-10-13)15(18-12)19-14-16(2,3)17(14,4)5/h6-11,14H,1-5H3,(H,18,19). The zero-order valence-electron chi connectivity index (χ0n) is 12.9. The Morgan fingerprint density at radius 3 is 2.20 bits per heavy atom. The van der Waals surface area contributed by atoms with Gasteiger partial charge in [0.05, 0.1) is 5.69 Å². The lowest BCUT2D eigenvalue weighted by Crippen LogP contribution is -2.14. The normalized spacial score (nSPS) is 19.9. The van der Waals surface area contributed by atoms with Gasteiger partial charge < -0.3 is 5.32 Å². The Balaban J connectivity index is 1.93. The Labute approximate surface area is 121 Å². The Kier molecular flexibility index (Phi) is 2.72. The molecule has 0 bridgehead atoms. The third kappa shape index (κ3) is 1.84. The van der Waals surface area contributed by atoms with Crippen molar-refractivity contribution < 1.29 is 0 Å². The van der Waals surface area contributed by atoms with Crippen LogP contribution in [0.25, 0.3) is 5.69 Å². The first-order valence-electron chi connectivity index (χ1n) is 7.22. The van der Waals surface area contributed by atoms with Gasteiger partial charge in [-0.3, -0.25) is 4.57 Å². The number of imidazole rings is 1. The monoisotopic (exact) mass is 269 g/mol. The number of rotatable bonds is 3. The van der Waals surface area contributed by atoms with Crippen LogP contribution in [0.5, 0.6) is 0 Å². The molecule has 1 aromatic carbocycles. The molecule has 106 valence electrons. The molecule has 1 aliphatic carbocycles. The van der Waals surface area contributed by atoms with E-state index in [0.29, 0.717) is 16.9 Å². The molecule has 20 heavy (non-hydrogen) atoms. The van der Waals surface area contributed by atoms with Gasteiger partial charge in [0.15, 0.2) is 0 Å². The highest BCUT2D eigenvalue weighted by molar-refractivity contribution is 5.46. The summed E-state index contributed by atoms with van der Waals surface area (Å²) < 4.78 is 2.14. The Bertz CT molecular complexity index is 609. The summed E-state index contributed by atoms with van der Waals surface area (Å²) in [6.07, 6.45) is 2.08. The topological polar surface area (TPSA) is 29.9 Å². The van der Waals surface area contributed by atoms with E-state index in [0.717, 1.165) is 17.3 Å². The SMILES string of the molecule is Cc1cn(-c2ccccc2)c(NC2C(C)(C)C2(C)C)n1. The van der Waals surface area contributed by atoms with Crippen LogP contribution in [0.4, 0.5) is 5.95 Å². The predicted octanol–water partition coefficient (Wildman–Crippen LogP) is 4.03. The van der Waals surface area contributed by atoms with Gasteiger partial charge in [0.2, 0.25) is 5.95 Å². The van der Waals surface area contributed by atoms with Crippen LogP contribution >= 0.6 is 0 Å². The second kappa shape index (κ2) is 4.11. The van der Waals surface area contributed by atoms with Gasteiger partial charge in [-0.25, -0.2) is 4.98 Å². The van der Waals surface area contributed by atoms with E-state index in [1.54, 1.807) is 0 Å². The average molecular weight is 269 g/mol. The van der Waals surface area contributed by atoms with Crippen molar-refractivity contribution >= 4 is 5.95 Å². The van der Waals surface area contributed by atoms with Gasteiger partial charge in [0.25, 0.3) is 0 Å². The molecule has 3 nitrogen and oxygen atoms in total. The van der Waals surface area contributed by atoms with E-state index >= 15 is 0 Å². The molecule has 1 aromatic heterocycles. The number of benzene rings is 1. The molecule has 2 aromatic rings. The van der Waals surface area contributed by atoms with Crippen LogP contribution in [0.15, 0.2) is 36.5 Å². The molecule has 0 radical (unpaired) electrons. The van der Waals surface area contributed by atoms with Crippen molar-refractivity contribution in [2.75, 3.05) is 5.32 Å². The summed E-state index contributed by atoms with van der Waals surface area (Å²) in [6.45, 7) is 11.3. The summed E-state index contributed by atoms with van der Waals surface area (Å²) >= 11 is 0. The largest absolute Gasteiger partial charge is 0.351 e. The number of nitrogens with zero attached hydrogens (tertiary/aromatic N) is 2. The molecular weight excluding hydrogens is 246 g/mol. The Morgan fingerprint density at radius 1 is 1.05 bits per heavy atom. The number of hydrogen-bond acceptors (Lipinski definition) is 2. The highest BCUT2D eigenvalue weighted by Gasteiger charge is 2.65. The molecule has 0 unspecified atom stereocenters. The molecule has 1 saturated carbocycles. The maximum absolute atomic E-state index is 4.65. The zero-order chi connectivity index (χ0) is 14.5. The minimum atomic E-state index is 0.300. The van der Waals surface area contributed by atoms with Crippen molar-refractivity contribution in [2.45, 2.75) is 40.7 Å². The number of anilines is 1. The molecule has 3 rings (SSSR count). The van der Waals surface area contributed by atoms with Crippen molar-refractivity contribution in [1.82, 2.24) is 9.55 Å². The van der Waals surface area contributed by atoms with E-state index in [9.17, 15) is 0 Å². The molecule has 3 heteroatoms. The first-order valence-corrected chi connectivity index (χ1v) is 7.22. The summed E-state index contributed by atoms with van der Waals surface area (Å²) in [4.78, 5) is 4.65. The second-order valence-electron chi connectivity index (χ2n) is 6.93. The van der Waals surface area contributed by atoms with Crippen LogP contribution in [0.2, 0.25) is 0 Å². The van der Waals surface area contributed by atoms with Gasteiger partial charge in [-0.1, -0.05) is 45.9 Å². The summed E-state index contributed by atoms with van der Waals surface area (Å²) in [6, 6.07) is 10.8. The van der Waals surface area contributed by atoms with Crippen LogP contribution in [0.3, 0.4) is 0 Å².